The molecule has 5 nitrogen and oxygen atoms in total. The van der Waals surface area contributed by atoms with Crippen molar-refractivity contribution >= 4 is 15.9 Å². The number of halogens is 1. The summed E-state index contributed by atoms with van der Waals surface area (Å²) in [6.45, 7) is 0.767. The van der Waals surface area contributed by atoms with Gasteiger partial charge in [0.2, 0.25) is 0 Å². The fourth-order valence-electron chi connectivity index (χ4n) is 2.35. The van der Waals surface area contributed by atoms with Gasteiger partial charge in [0, 0.05) is 13.1 Å². The highest BCUT2D eigenvalue weighted by Crippen LogP contribution is 2.17. The monoisotopic (exact) mass is 314 g/mol. The van der Waals surface area contributed by atoms with Gasteiger partial charge in [-0.2, -0.15) is 0 Å². The first-order valence-electron chi connectivity index (χ1n) is 6.91. The third-order valence-electron chi connectivity index (χ3n) is 3.47. The molecular formula is C14H19FN2O3S. The fourth-order valence-corrected chi connectivity index (χ4v) is 4.21. The third-order valence-corrected chi connectivity index (χ3v) is 5.30. The van der Waals surface area contributed by atoms with E-state index in [1.807, 2.05) is 0 Å². The van der Waals surface area contributed by atoms with Crippen molar-refractivity contribution in [3.8, 4) is 0 Å². The van der Waals surface area contributed by atoms with Crippen molar-refractivity contribution < 1.29 is 17.6 Å². The SMILES string of the molecule is O=C(NCCc1cccc(F)c1)NCC1CCS(=O)(=O)C1. The summed E-state index contributed by atoms with van der Waals surface area (Å²) in [6, 6.07) is 5.91. The van der Waals surface area contributed by atoms with E-state index in [2.05, 4.69) is 10.6 Å². The van der Waals surface area contributed by atoms with E-state index in [0.29, 0.717) is 25.9 Å². The predicted molar refractivity (Wildman–Crippen MR) is 78.3 cm³/mol. The summed E-state index contributed by atoms with van der Waals surface area (Å²) < 4.78 is 35.5. The number of carbonyl (C=O) groups is 1. The van der Waals surface area contributed by atoms with Gasteiger partial charge in [-0.05, 0) is 36.5 Å². The zero-order chi connectivity index (χ0) is 15.3. The Labute approximate surface area is 123 Å². The van der Waals surface area contributed by atoms with Crippen LogP contribution < -0.4 is 10.6 Å². The molecule has 1 saturated heterocycles. The van der Waals surface area contributed by atoms with Gasteiger partial charge in [-0.15, -0.1) is 0 Å². The smallest absolute Gasteiger partial charge is 0.314 e. The average Bonchev–Trinajstić information content (AvgIpc) is 2.76. The van der Waals surface area contributed by atoms with Gasteiger partial charge >= 0.3 is 6.03 Å². The number of rotatable bonds is 5. The van der Waals surface area contributed by atoms with Crippen molar-refractivity contribution in [2.75, 3.05) is 24.6 Å². The first-order valence-corrected chi connectivity index (χ1v) is 8.73. The molecule has 116 valence electrons. The first-order chi connectivity index (χ1) is 9.94. The molecule has 0 saturated carbocycles. The molecule has 2 N–H and O–H groups in total. The number of nitrogens with one attached hydrogen (secondary N) is 2. The van der Waals surface area contributed by atoms with Crippen LogP contribution in [0.2, 0.25) is 0 Å². The Kier molecular flexibility index (Phi) is 5.17. The lowest BCUT2D eigenvalue weighted by Crippen LogP contribution is -2.39. The number of carbonyl (C=O) groups excluding carboxylic acids is 1. The number of sulfone groups is 1. The molecule has 1 atom stereocenters. The summed E-state index contributed by atoms with van der Waals surface area (Å²) in [4.78, 5) is 11.6. The lowest BCUT2D eigenvalue weighted by Gasteiger charge is -2.11. The molecule has 7 heteroatoms. The van der Waals surface area contributed by atoms with Crippen molar-refractivity contribution in [1.82, 2.24) is 10.6 Å². The normalized spacial score (nSPS) is 20.1. The molecule has 0 aromatic heterocycles. The van der Waals surface area contributed by atoms with Gasteiger partial charge in [0.25, 0.3) is 0 Å². The van der Waals surface area contributed by atoms with Crippen LogP contribution in [0.5, 0.6) is 0 Å². The van der Waals surface area contributed by atoms with E-state index in [9.17, 15) is 17.6 Å². The number of urea groups is 1. The maximum absolute atomic E-state index is 13.0. The molecule has 1 aliphatic rings. The summed E-state index contributed by atoms with van der Waals surface area (Å²) in [7, 11) is -2.91. The molecule has 1 heterocycles. The van der Waals surface area contributed by atoms with E-state index in [0.717, 1.165) is 5.56 Å². The number of amides is 2. The molecule has 0 spiro atoms. The van der Waals surface area contributed by atoms with Crippen LogP contribution >= 0.6 is 0 Å². The Balaban J connectivity index is 1.64. The van der Waals surface area contributed by atoms with Gasteiger partial charge in [0.15, 0.2) is 9.84 Å². The highest BCUT2D eigenvalue weighted by molar-refractivity contribution is 7.91. The highest BCUT2D eigenvalue weighted by Gasteiger charge is 2.27. The Bertz CT molecular complexity index is 604. The largest absolute Gasteiger partial charge is 0.338 e. The molecule has 1 aliphatic heterocycles. The summed E-state index contributed by atoms with van der Waals surface area (Å²) in [5.41, 5.74) is 0.817. The van der Waals surface area contributed by atoms with Gasteiger partial charge in [-0.3, -0.25) is 0 Å². The van der Waals surface area contributed by atoms with E-state index in [1.165, 1.54) is 12.1 Å². The molecule has 0 aliphatic carbocycles. The predicted octanol–water partition coefficient (Wildman–Crippen LogP) is 1.10. The zero-order valence-corrected chi connectivity index (χ0v) is 12.5. The third kappa shape index (κ3) is 5.34. The minimum atomic E-state index is -2.91. The number of benzene rings is 1. The van der Waals surface area contributed by atoms with Crippen LogP contribution in [-0.4, -0.2) is 39.0 Å². The van der Waals surface area contributed by atoms with Crippen molar-refractivity contribution in [2.45, 2.75) is 12.8 Å². The first kappa shape index (κ1) is 15.8. The van der Waals surface area contributed by atoms with Crippen molar-refractivity contribution in [3.05, 3.63) is 35.6 Å². The topological polar surface area (TPSA) is 75.3 Å². The van der Waals surface area contributed by atoms with Crippen LogP contribution in [0.15, 0.2) is 24.3 Å². The Morgan fingerprint density at radius 1 is 1.33 bits per heavy atom. The van der Waals surface area contributed by atoms with Crippen LogP contribution in [0.25, 0.3) is 0 Å². The number of hydrogen-bond acceptors (Lipinski definition) is 3. The maximum atomic E-state index is 13.0. The fraction of sp³-hybridized carbons (Fsp3) is 0.500. The second-order valence-electron chi connectivity index (χ2n) is 5.29. The van der Waals surface area contributed by atoms with Crippen molar-refractivity contribution in [3.63, 3.8) is 0 Å². The number of hydrogen-bond donors (Lipinski definition) is 2. The van der Waals surface area contributed by atoms with Crippen LogP contribution in [0.4, 0.5) is 9.18 Å². The second-order valence-corrected chi connectivity index (χ2v) is 7.51. The highest BCUT2D eigenvalue weighted by atomic mass is 32.2. The quantitative estimate of drug-likeness (QED) is 0.854. The van der Waals surface area contributed by atoms with Gasteiger partial charge in [-0.1, -0.05) is 12.1 Å². The minimum absolute atomic E-state index is 0.00368. The molecule has 0 radical (unpaired) electrons. The van der Waals surface area contributed by atoms with E-state index in [-0.39, 0.29) is 29.3 Å². The van der Waals surface area contributed by atoms with Gasteiger partial charge in [0.1, 0.15) is 5.82 Å². The summed E-state index contributed by atoms with van der Waals surface area (Å²) >= 11 is 0. The lowest BCUT2D eigenvalue weighted by atomic mass is 10.1. The van der Waals surface area contributed by atoms with Crippen molar-refractivity contribution in [2.24, 2.45) is 5.92 Å². The maximum Gasteiger partial charge on any atom is 0.314 e. The van der Waals surface area contributed by atoms with Gasteiger partial charge in [-0.25, -0.2) is 17.6 Å². The Morgan fingerprint density at radius 3 is 2.81 bits per heavy atom. The van der Waals surface area contributed by atoms with E-state index >= 15 is 0 Å². The van der Waals surface area contributed by atoms with E-state index in [4.69, 9.17) is 0 Å². The molecule has 21 heavy (non-hydrogen) atoms. The molecule has 0 bridgehead atoms. The molecule has 1 aromatic carbocycles. The van der Waals surface area contributed by atoms with Gasteiger partial charge < -0.3 is 10.6 Å². The van der Waals surface area contributed by atoms with Gasteiger partial charge in [0.05, 0.1) is 11.5 Å². The summed E-state index contributed by atoms with van der Waals surface area (Å²) in [5, 5.41) is 5.34. The molecule has 1 aromatic rings. The molecule has 1 unspecified atom stereocenters. The summed E-state index contributed by atoms with van der Waals surface area (Å²) in [6.07, 6.45) is 1.15. The van der Waals surface area contributed by atoms with E-state index in [1.54, 1.807) is 12.1 Å². The average molecular weight is 314 g/mol. The standard InChI is InChI=1S/C14H19FN2O3S/c15-13-3-1-2-11(8-13)4-6-16-14(18)17-9-12-5-7-21(19,20)10-12/h1-3,8,12H,4-7,9-10H2,(H2,16,17,18). The van der Waals surface area contributed by atoms with Crippen molar-refractivity contribution in [1.29, 1.82) is 0 Å². The second kappa shape index (κ2) is 6.89. The molecule has 1 fully saturated rings. The summed E-state index contributed by atoms with van der Waals surface area (Å²) in [5.74, 6) is 0.0697. The zero-order valence-electron chi connectivity index (χ0n) is 11.6. The molecule has 2 rings (SSSR count). The van der Waals surface area contributed by atoms with Crippen LogP contribution in [-0.2, 0) is 16.3 Å². The molecule has 2 amide bonds. The minimum Gasteiger partial charge on any atom is -0.338 e. The Hall–Kier alpha value is -1.63. The molecular weight excluding hydrogens is 295 g/mol. The van der Waals surface area contributed by atoms with Crippen LogP contribution in [0.3, 0.4) is 0 Å². The van der Waals surface area contributed by atoms with E-state index < -0.39 is 9.84 Å². The van der Waals surface area contributed by atoms with Crippen LogP contribution in [0.1, 0.15) is 12.0 Å². The Morgan fingerprint density at radius 2 is 2.14 bits per heavy atom. The lowest BCUT2D eigenvalue weighted by molar-refractivity contribution is 0.239. The van der Waals surface area contributed by atoms with Crippen LogP contribution in [0, 0.1) is 11.7 Å².